The van der Waals surface area contributed by atoms with Crippen molar-refractivity contribution in [2.24, 2.45) is 0 Å². The number of aromatic nitrogens is 1. The third-order valence-electron chi connectivity index (χ3n) is 3.24. The average molecular weight is 444 g/mol. The largest absolute Gasteiger partial charge is 0.281 e. The molecule has 0 atom stereocenters. The molecule has 3 aromatic rings. The highest BCUT2D eigenvalue weighted by atomic mass is 32.3. The monoisotopic (exact) mass is 443 g/mol. The number of carbonyl (C=O) groups excluding carboxylic acids is 1. The lowest BCUT2D eigenvalue weighted by molar-refractivity contribution is -0.115. The van der Waals surface area contributed by atoms with Crippen molar-refractivity contribution < 1.29 is 21.6 Å². The second-order valence-electron chi connectivity index (χ2n) is 5.16. The van der Waals surface area contributed by atoms with Crippen molar-refractivity contribution >= 4 is 60.1 Å². The molecule has 0 spiro atoms. The van der Waals surface area contributed by atoms with Crippen LogP contribution < -0.4 is 9.03 Å². The third-order valence-corrected chi connectivity index (χ3v) is 9.17. The lowest BCUT2D eigenvalue weighted by atomic mass is 10.4. The third kappa shape index (κ3) is 4.03. The molecule has 8 nitrogen and oxygen atoms in total. The van der Waals surface area contributed by atoms with E-state index in [1.165, 1.54) is 24.3 Å². The van der Waals surface area contributed by atoms with Crippen LogP contribution in [0.2, 0.25) is 0 Å². The van der Waals surface area contributed by atoms with Gasteiger partial charge in [-0.25, -0.2) is 13.4 Å². The van der Waals surface area contributed by atoms with Gasteiger partial charge in [-0.05, 0) is 35.0 Å². The van der Waals surface area contributed by atoms with E-state index in [0.717, 1.165) is 35.8 Å². The molecule has 0 aliphatic rings. The molecule has 0 saturated heterocycles. The summed E-state index contributed by atoms with van der Waals surface area (Å²) in [6.45, 7) is 1.11. The first kappa shape index (κ1) is 19.5. The van der Waals surface area contributed by atoms with Crippen LogP contribution in [0.25, 0.3) is 0 Å². The van der Waals surface area contributed by atoms with Crippen LogP contribution >= 0.6 is 22.7 Å². The van der Waals surface area contributed by atoms with E-state index in [9.17, 15) is 21.6 Å². The minimum absolute atomic E-state index is 0.00183. The van der Waals surface area contributed by atoms with E-state index in [0.29, 0.717) is 4.31 Å². The lowest BCUT2D eigenvalue weighted by Crippen LogP contribution is -2.35. The Morgan fingerprint density at radius 1 is 1.00 bits per heavy atom. The van der Waals surface area contributed by atoms with E-state index < -0.39 is 26.0 Å². The first-order valence-electron chi connectivity index (χ1n) is 7.33. The first-order chi connectivity index (χ1) is 12.7. The Hall–Kier alpha value is -2.28. The van der Waals surface area contributed by atoms with Crippen molar-refractivity contribution in [1.29, 1.82) is 0 Å². The molecule has 0 aliphatic carbocycles. The molecule has 1 N–H and O–H groups in total. The number of hydrogen-bond acceptors (Lipinski definition) is 8. The minimum Gasteiger partial charge on any atom is -0.277 e. The highest BCUT2D eigenvalue weighted by Crippen LogP contribution is 2.27. The van der Waals surface area contributed by atoms with Gasteiger partial charge < -0.3 is 0 Å². The molecule has 12 heteroatoms. The summed E-state index contributed by atoms with van der Waals surface area (Å²) >= 11 is 2.04. The maximum Gasteiger partial charge on any atom is 0.281 e. The van der Waals surface area contributed by atoms with Gasteiger partial charge in [-0.1, -0.05) is 12.1 Å². The normalized spacial score (nSPS) is 11.9. The van der Waals surface area contributed by atoms with Crippen molar-refractivity contribution in [3.8, 4) is 0 Å². The summed E-state index contributed by atoms with van der Waals surface area (Å²) in [7, 11) is -7.84. The van der Waals surface area contributed by atoms with Gasteiger partial charge in [-0.3, -0.25) is 9.52 Å². The molecule has 0 aromatic carbocycles. The van der Waals surface area contributed by atoms with E-state index >= 15 is 0 Å². The van der Waals surface area contributed by atoms with Crippen molar-refractivity contribution in [3.05, 3.63) is 53.4 Å². The smallest absolute Gasteiger partial charge is 0.277 e. The Kier molecular flexibility index (Phi) is 5.33. The highest BCUT2D eigenvalue weighted by Gasteiger charge is 2.30. The van der Waals surface area contributed by atoms with Crippen LogP contribution in [0, 0.1) is 0 Å². The molecule has 3 rings (SSSR count). The van der Waals surface area contributed by atoms with Crippen LogP contribution in [-0.4, -0.2) is 27.7 Å². The average Bonchev–Trinajstić information content (AvgIpc) is 3.30. The zero-order chi connectivity index (χ0) is 19.7. The Morgan fingerprint density at radius 3 is 2.11 bits per heavy atom. The number of nitrogens with one attached hydrogen (secondary N) is 1. The SMILES string of the molecule is CC(=O)N(c1ccc(NS(=O)(=O)c2cccs2)cn1)S(=O)(=O)c1cccs1. The van der Waals surface area contributed by atoms with Gasteiger partial charge in [-0.15, -0.1) is 22.7 Å². The molecular weight excluding hydrogens is 430 g/mol. The van der Waals surface area contributed by atoms with E-state index in [2.05, 4.69) is 9.71 Å². The highest BCUT2D eigenvalue weighted by molar-refractivity contribution is 7.95. The lowest BCUT2D eigenvalue weighted by Gasteiger charge is -2.19. The van der Waals surface area contributed by atoms with Gasteiger partial charge in [0.2, 0.25) is 5.91 Å². The van der Waals surface area contributed by atoms with Gasteiger partial charge in [0.1, 0.15) is 14.2 Å². The number of rotatable bonds is 6. The molecule has 0 fully saturated rings. The van der Waals surface area contributed by atoms with Gasteiger partial charge in [0.05, 0.1) is 11.9 Å². The zero-order valence-electron chi connectivity index (χ0n) is 13.8. The summed E-state index contributed by atoms with van der Waals surface area (Å²) in [6, 6.07) is 8.62. The quantitative estimate of drug-likeness (QED) is 0.627. The van der Waals surface area contributed by atoms with Crippen LogP contribution in [0.5, 0.6) is 0 Å². The Morgan fingerprint density at radius 2 is 1.63 bits per heavy atom. The van der Waals surface area contributed by atoms with Gasteiger partial charge >= 0.3 is 0 Å². The first-order valence-corrected chi connectivity index (χ1v) is 12.0. The maximum atomic E-state index is 12.7. The van der Waals surface area contributed by atoms with Crippen LogP contribution in [0.1, 0.15) is 6.92 Å². The number of hydrogen-bond donors (Lipinski definition) is 1. The summed E-state index contributed by atoms with van der Waals surface area (Å²) < 4.78 is 52.8. The molecule has 0 bridgehead atoms. The van der Waals surface area contributed by atoms with Crippen LogP contribution in [0.4, 0.5) is 11.5 Å². The molecule has 0 unspecified atom stereocenters. The Bertz CT molecular complexity index is 1140. The fourth-order valence-corrected chi connectivity index (χ4v) is 6.63. The van der Waals surface area contributed by atoms with Crippen molar-refractivity contribution in [2.45, 2.75) is 15.3 Å². The molecule has 1 amide bonds. The van der Waals surface area contributed by atoms with Gasteiger partial charge in [-0.2, -0.15) is 12.7 Å². The molecule has 3 heterocycles. The Labute approximate surface area is 164 Å². The Balaban J connectivity index is 1.90. The van der Waals surface area contributed by atoms with Crippen LogP contribution in [0.3, 0.4) is 0 Å². The van der Waals surface area contributed by atoms with Crippen molar-refractivity contribution in [1.82, 2.24) is 4.98 Å². The number of pyridine rings is 1. The number of amides is 1. The van der Waals surface area contributed by atoms with Gasteiger partial charge in [0.15, 0.2) is 0 Å². The van der Waals surface area contributed by atoms with Gasteiger partial charge in [0, 0.05) is 6.92 Å². The van der Waals surface area contributed by atoms with E-state index in [4.69, 9.17) is 0 Å². The summed E-state index contributed by atoms with van der Waals surface area (Å²) in [4.78, 5) is 15.9. The zero-order valence-corrected chi connectivity index (χ0v) is 17.0. The predicted octanol–water partition coefficient (Wildman–Crippen LogP) is 2.75. The second-order valence-corrected chi connectivity index (χ2v) is 11.0. The van der Waals surface area contributed by atoms with E-state index in [1.807, 2.05) is 0 Å². The van der Waals surface area contributed by atoms with Crippen LogP contribution in [0.15, 0.2) is 61.8 Å². The van der Waals surface area contributed by atoms with Crippen LogP contribution in [-0.2, 0) is 24.8 Å². The number of sulfonamides is 2. The fourth-order valence-electron chi connectivity index (χ4n) is 2.14. The topological polar surface area (TPSA) is 114 Å². The summed E-state index contributed by atoms with van der Waals surface area (Å²) in [6.07, 6.45) is 1.15. The number of nitrogens with zero attached hydrogens (tertiary/aromatic N) is 2. The number of anilines is 2. The number of carbonyl (C=O) groups is 1. The molecule has 0 saturated carbocycles. The number of thiophene rings is 2. The molecule has 27 heavy (non-hydrogen) atoms. The molecule has 0 radical (unpaired) electrons. The molecular formula is C15H13N3O5S4. The van der Waals surface area contributed by atoms with E-state index in [1.54, 1.807) is 22.9 Å². The van der Waals surface area contributed by atoms with E-state index in [-0.39, 0.29) is 19.9 Å². The standard InChI is InChI=1S/C15H13N3O5S4/c1-11(19)18(27(22,23)15-5-3-9-25-15)13-7-6-12(10-16-13)17-26(20,21)14-4-2-8-24-14/h2-10,17H,1H3. The predicted molar refractivity (Wildman–Crippen MR) is 104 cm³/mol. The van der Waals surface area contributed by atoms with Crippen molar-refractivity contribution in [3.63, 3.8) is 0 Å². The summed E-state index contributed by atoms with van der Waals surface area (Å²) in [5, 5.41) is 3.22. The summed E-state index contributed by atoms with van der Waals surface area (Å²) in [5.41, 5.74) is 0.143. The van der Waals surface area contributed by atoms with Gasteiger partial charge in [0.25, 0.3) is 20.0 Å². The minimum atomic E-state index is -4.09. The molecule has 0 aliphatic heterocycles. The maximum absolute atomic E-state index is 12.7. The second kappa shape index (κ2) is 7.38. The molecule has 3 aromatic heterocycles. The summed E-state index contributed by atoms with van der Waals surface area (Å²) in [5.74, 6) is -0.863. The van der Waals surface area contributed by atoms with Crippen molar-refractivity contribution in [2.75, 3.05) is 9.03 Å². The fraction of sp³-hybridized carbons (Fsp3) is 0.0667. The molecule has 142 valence electrons.